The van der Waals surface area contributed by atoms with Gasteiger partial charge in [-0.05, 0) is 31.6 Å². The van der Waals surface area contributed by atoms with Crippen molar-refractivity contribution in [1.82, 2.24) is 0 Å². The fourth-order valence-electron chi connectivity index (χ4n) is 1.68. The zero-order valence-electron chi connectivity index (χ0n) is 6.89. The molecule has 0 aromatic carbocycles. The Bertz CT molecular complexity index is 127. The van der Waals surface area contributed by atoms with E-state index in [4.69, 9.17) is 0 Å². The first kappa shape index (κ1) is 7.80. The van der Waals surface area contributed by atoms with E-state index in [1.807, 2.05) is 0 Å². The highest BCUT2D eigenvalue weighted by molar-refractivity contribution is 5.15. The molecule has 1 atom stereocenters. The van der Waals surface area contributed by atoms with Crippen LogP contribution in [0.1, 0.15) is 25.7 Å². The van der Waals surface area contributed by atoms with Crippen LogP contribution in [0.3, 0.4) is 0 Å². The Morgan fingerprint density at radius 2 is 2.20 bits per heavy atom. The minimum atomic E-state index is 1.08. The predicted octanol–water partition coefficient (Wildman–Crippen LogP) is 2.38. The minimum absolute atomic E-state index is 1.08. The van der Waals surface area contributed by atoms with Gasteiger partial charge in [-0.3, -0.25) is 0 Å². The number of hydrogen-bond donors (Lipinski definition) is 0. The van der Waals surface area contributed by atoms with Gasteiger partial charge in [0.15, 0.2) is 0 Å². The van der Waals surface area contributed by atoms with Crippen molar-refractivity contribution in [2.75, 3.05) is 14.2 Å². The molecule has 0 spiro atoms. The quantitative estimate of drug-likeness (QED) is 0.469. The van der Waals surface area contributed by atoms with Gasteiger partial charge in [-0.25, -0.2) is 0 Å². The lowest BCUT2D eigenvalue weighted by atomic mass is 10.1. The standard InChI is InChI=1S/C7H10.C2H6O/c1-2-7-4-3-6(1)5-7;1-3-2/h1,7H,2-5H2;1-2H3. The number of allylic oxidation sites excluding steroid dienone is 2. The van der Waals surface area contributed by atoms with E-state index in [-0.39, 0.29) is 0 Å². The molecule has 0 saturated heterocycles. The maximum absolute atomic E-state index is 4.25. The molecule has 2 aliphatic rings. The molecule has 0 N–H and O–H groups in total. The van der Waals surface area contributed by atoms with E-state index in [2.05, 4.69) is 10.8 Å². The van der Waals surface area contributed by atoms with Gasteiger partial charge < -0.3 is 4.74 Å². The van der Waals surface area contributed by atoms with Crippen molar-refractivity contribution in [2.24, 2.45) is 5.92 Å². The fourth-order valence-corrected chi connectivity index (χ4v) is 1.68. The van der Waals surface area contributed by atoms with E-state index in [9.17, 15) is 0 Å². The minimum Gasteiger partial charge on any atom is -0.388 e. The zero-order chi connectivity index (χ0) is 7.40. The molecule has 1 saturated carbocycles. The molecule has 58 valence electrons. The van der Waals surface area contributed by atoms with Crippen LogP contribution in [0.25, 0.3) is 0 Å². The van der Waals surface area contributed by atoms with Gasteiger partial charge in [0.2, 0.25) is 0 Å². The molecule has 1 heteroatoms. The molecule has 2 rings (SSSR count). The highest BCUT2D eigenvalue weighted by Crippen LogP contribution is 2.38. The van der Waals surface area contributed by atoms with Crippen LogP contribution in [-0.2, 0) is 4.74 Å². The Hall–Kier alpha value is -0.300. The van der Waals surface area contributed by atoms with E-state index in [1.54, 1.807) is 19.8 Å². The Balaban J connectivity index is 0.000000148. The van der Waals surface area contributed by atoms with Crippen LogP contribution < -0.4 is 0 Å². The summed E-state index contributed by atoms with van der Waals surface area (Å²) in [6.07, 6.45) is 8.18. The Kier molecular flexibility index (Phi) is 2.94. The second-order valence-electron chi connectivity index (χ2n) is 3.12. The van der Waals surface area contributed by atoms with Crippen LogP contribution in [0.15, 0.2) is 11.6 Å². The molecular weight excluding hydrogens is 124 g/mol. The SMILES string of the molecule is C1=C2CCC(C1)C2.COC. The van der Waals surface area contributed by atoms with Gasteiger partial charge in [0, 0.05) is 14.2 Å². The lowest BCUT2D eigenvalue weighted by Crippen LogP contribution is -1.85. The van der Waals surface area contributed by atoms with Crippen molar-refractivity contribution < 1.29 is 4.74 Å². The Labute approximate surface area is 63.1 Å². The molecule has 1 fully saturated rings. The molecule has 0 aromatic rings. The van der Waals surface area contributed by atoms with Crippen LogP contribution >= 0.6 is 0 Å². The number of methoxy groups -OCH3 is 1. The summed E-state index contributed by atoms with van der Waals surface area (Å²) >= 11 is 0. The number of hydrogen-bond acceptors (Lipinski definition) is 1. The van der Waals surface area contributed by atoms with Crippen LogP contribution in [-0.4, -0.2) is 14.2 Å². The van der Waals surface area contributed by atoms with E-state index in [1.165, 1.54) is 25.7 Å². The molecule has 1 nitrogen and oxygen atoms in total. The first-order chi connectivity index (χ1) is 4.86. The molecule has 1 unspecified atom stereocenters. The molecule has 10 heavy (non-hydrogen) atoms. The first-order valence-electron chi connectivity index (χ1n) is 3.95. The van der Waals surface area contributed by atoms with Crippen molar-refractivity contribution in [1.29, 1.82) is 0 Å². The van der Waals surface area contributed by atoms with Crippen molar-refractivity contribution in [3.63, 3.8) is 0 Å². The van der Waals surface area contributed by atoms with Gasteiger partial charge in [-0.1, -0.05) is 11.6 Å². The topological polar surface area (TPSA) is 9.23 Å². The molecule has 0 heterocycles. The van der Waals surface area contributed by atoms with Crippen LogP contribution in [0, 0.1) is 5.92 Å². The van der Waals surface area contributed by atoms with E-state index in [0.29, 0.717) is 0 Å². The van der Waals surface area contributed by atoms with Crippen molar-refractivity contribution in [3.05, 3.63) is 11.6 Å². The zero-order valence-corrected chi connectivity index (χ0v) is 6.89. The van der Waals surface area contributed by atoms with Gasteiger partial charge in [0.05, 0.1) is 0 Å². The molecule has 2 aliphatic carbocycles. The van der Waals surface area contributed by atoms with Crippen LogP contribution in [0.2, 0.25) is 0 Å². The van der Waals surface area contributed by atoms with Gasteiger partial charge >= 0.3 is 0 Å². The molecule has 0 aliphatic heterocycles. The van der Waals surface area contributed by atoms with Crippen LogP contribution in [0.4, 0.5) is 0 Å². The smallest absolute Gasteiger partial charge is 0.0351 e. The number of fused-ring (bicyclic) bond motifs is 2. The summed E-state index contributed by atoms with van der Waals surface area (Å²) in [4.78, 5) is 0. The Morgan fingerprint density at radius 1 is 1.50 bits per heavy atom. The fraction of sp³-hybridized carbons (Fsp3) is 0.778. The summed E-state index contributed by atoms with van der Waals surface area (Å²) in [5.41, 5.74) is 1.74. The van der Waals surface area contributed by atoms with Gasteiger partial charge in [-0.2, -0.15) is 0 Å². The normalized spacial score (nSPS) is 27.4. The van der Waals surface area contributed by atoms with E-state index in [0.717, 1.165) is 5.92 Å². The predicted molar refractivity (Wildman–Crippen MR) is 43.0 cm³/mol. The molecule has 0 amide bonds. The van der Waals surface area contributed by atoms with Gasteiger partial charge in [-0.15, -0.1) is 0 Å². The van der Waals surface area contributed by atoms with Gasteiger partial charge in [0.1, 0.15) is 0 Å². The van der Waals surface area contributed by atoms with Crippen molar-refractivity contribution in [3.8, 4) is 0 Å². The second kappa shape index (κ2) is 3.77. The monoisotopic (exact) mass is 140 g/mol. The van der Waals surface area contributed by atoms with E-state index >= 15 is 0 Å². The number of ether oxygens (including phenoxy) is 1. The summed E-state index contributed by atoms with van der Waals surface area (Å²) < 4.78 is 4.25. The number of rotatable bonds is 0. The van der Waals surface area contributed by atoms with Crippen molar-refractivity contribution in [2.45, 2.75) is 25.7 Å². The Morgan fingerprint density at radius 3 is 2.30 bits per heavy atom. The lowest BCUT2D eigenvalue weighted by molar-refractivity contribution is 0.277. The average molecular weight is 140 g/mol. The first-order valence-corrected chi connectivity index (χ1v) is 3.95. The van der Waals surface area contributed by atoms with Crippen molar-refractivity contribution >= 4 is 0 Å². The molecule has 0 aromatic heterocycles. The maximum Gasteiger partial charge on any atom is 0.0351 e. The summed E-state index contributed by atoms with van der Waals surface area (Å²) in [7, 11) is 3.25. The third kappa shape index (κ3) is 1.84. The summed E-state index contributed by atoms with van der Waals surface area (Å²) in [5.74, 6) is 1.08. The highest BCUT2D eigenvalue weighted by atomic mass is 16.4. The molecule has 2 bridgehead atoms. The molecule has 0 radical (unpaired) electrons. The summed E-state index contributed by atoms with van der Waals surface area (Å²) in [6.45, 7) is 0. The third-order valence-corrected chi connectivity index (χ3v) is 2.16. The molecular formula is C9H16O. The largest absolute Gasteiger partial charge is 0.388 e. The van der Waals surface area contributed by atoms with E-state index < -0.39 is 0 Å². The maximum atomic E-state index is 4.25. The lowest BCUT2D eigenvalue weighted by Gasteiger charge is -1.98. The van der Waals surface area contributed by atoms with Crippen LogP contribution in [0.5, 0.6) is 0 Å². The third-order valence-electron chi connectivity index (χ3n) is 2.16. The second-order valence-corrected chi connectivity index (χ2v) is 3.12. The highest BCUT2D eigenvalue weighted by Gasteiger charge is 2.22. The summed E-state index contributed by atoms with van der Waals surface area (Å²) in [5, 5.41) is 0. The summed E-state index contributed by atoms with van der Waals surface area (Å²) in [6, 6.07) is 0. The average Bonchev–Trinajstić information content (AvgIpc) is 2.49. The van der Waals surface area contributed by atoms with Gasteiger partial charge in [0.25, 0.3) is 0 Å².